The standard InChI is InChI=1S/C19H39NO2/c1-4-5-6-7-8-9-10-11-12-13-14-15-16-17-18(19(21)22)20(2)3/h18H,4-17H2,1-3H3,(H,21,22). The van der Waals surface area contributed by atoms with Crippen LogP contribution in [-0.2, 0) is 4.79 Å². The Hall–Kier alpha value is -0.570. The lowest BCUT2D eigenvalue weighted by atomic mass is 10.0. The van der Waals surface area contributed by atoms with Gasteiger partial charge in [0.05, 0.1) is 0 Å². The molecule has 1 unspecified atom stereocenters. The average Bonchev–Trinajstić information content (AvgIpc) is 2.46. The Morgan fingerprint density at radius 3 is 1.45 bits per heavy atom. The molecule has 0 amide bonds. The van der Waals surface area contributed by atoms with Crippen molar-refractivity contribution in [2.75, 3.05) is 14.1 Å². The third kappa shape index (κ3) is 13.1. The van der Waals surface area contributed by atoms with Crippen molar-refractivity contribution in [2.45, 2.75) is 103 Å². The molecule has 0 aliphatic heterocycles. The summed E-state index contributed by atoms with van der Waals surface area (Å²) in [6.07, 6.45) is 18.1. The van der Waals surface area contributed by atoms with E-state index in [4.69, 9.17) is 5.11 Å². The molecule has 0 aliphatic carbocycles. The molecule has 0 bridgehead atoms. The van der Waals surface area contributed by atoms with Crippen LogP contribution in [0, 0.1) is 0 Å². The summed E-state index contributed by atoms with van der Waals surface area (Å²) in [5.74, 6) is -0.691. The number of likely N-dealkylation sites (N-methyl/N-ethyl adjacent to an activating group) is 1. The first-order chi connectivity index (χ1) is 10.6. The van der Waals surface area contributed by atoms with Crippen LogP contribution in [0.5, 0.6) is 0 Å². The second-order valence-electron chi connectivity index (χ2n) is 6.85. The van der Waals surface area contributed by atoms with Gasteiger partial charge in [0.15, 0.2) is 0 Å². The van der Waals surface area contributed by atoms with Crippen molar-refractivity contribution in [1.29, 1.82) is 0 Å². The molecule has 0 aliphatic rings. The molecule has 22 heavy (non-hydrogen) atoms. The van der Waals surface area contributed by atoms with Gasteiger partial charge in [-0.05, 0) is 20.5 Å². The van der Waals surface area contributed by atoms with E-state index in [-0.39, 0.29) is 6.04 Å². The molecule has 0 heterocycles. The molecule has 1 N–H and O–H groups in total. The van der Waals surface area contributed by atoms with Crippen LogP contribution in [0.2, 0.25) is 0 Å². The zero-order valence-corrected chi connectivity index (χ0v) is 15.3. The van der Waals surface area contributed by atoms with Crippen LogP contribution in [0.4, 0.5) is 0 Å². The number of carboxylic acids is 1. The fourth-order valence-corrected chi connectivity index (χ4v) is 2.96. The molecular weight excluding hydrogens is 274 g/mol. The van der Waals surface area contributed by atoms with Crippen LogP contribution >= 0.6 is 0 Å². The lowest BCUT2D eigenvalue weighted by Crippen LogP contribution is -2.35. The summed E-state index contributed by atoms with van der Waals surface area (Å²) < 4.78 is 0. The van der Waals surface area contributed by atoms with E-state index >= 15 is 0 Å². The summed E-state index contributed by atoms with van der Waals surface area (Å²) >= 11 is 0. The maximum Gasteiger partial charge on any atom is 0.320 e. The number of nitrogens with zero attached hydrogens (tertiary/aromatic N) is 1. The van der Waals surface area contributed by atoms with Crippen LogP contribution in [0.15, 0.2) is 0 Å². The zero-order chi connectivity index (χ0) is 16.6. The summed E-state index contributed by atoms with van der Waals surface area (Å²) in [7, 11) is 3.70. The molecule has 0 aromatic carbocycles. The molecule has 0 saturated heterocycles. The SMILES string of the molecule is CCCCCCCCCCCCCCCC(C(=O)O)N(C)C. The van der Waals surface area contributed by atoms with Gasteiger partial charge in [0, 0.05) is 0 Å². The van der Waals surface area contributed by atoms with E-state index in [0.717, 1.165) is 12.8 Å². The van der Waals surface area contributed by atoms with Gasteiger partial charge in [-0.1, -0.05) is 90.4 Å². The van der Waals surface area contributed by atoms with Crippen molar-refractivity contribution in [1.82, 2.24) is 4.90 Å². The van der Waals surface area contributed by atoms with Crippen molar-refractivity contribution >= 4 is 5.97 Å². The largest absolute Gasteiger partial charge is 0.480 e. The molecule has 1 atom stereocenters. The Morgan fingerprint density at radius 2 is 1.14 bits per heavy atom. The zero-order valence-electron chi connectivity index (χ0n) is 15.3. The van der Waals surface area contributed by atoms with Gasteiger partial charge >= 0.3 is 5.97 Å². The lowest BCUT2D eigenvalue weighted by molar-refractivity contribution is -0.142. The van der Waals surface area contributed by atoms with Crippen molar-refractivity contribution in [3.63, 3.8) is 0 Å². The predicted molar refractivity (Wildman–Crippen MR) is 95.4 cm³/mol. The molecule has 0 rings (SSSR count). The molecule has 3 heteroatoms. The third-order valence-electron chi connectivity index (χ3n) is 4.49. The molecule has 0 spiro atoms. The summed E-state index contributed by atoms with van der Waals surface area (Å²) in [5.41, 5.74) is 0. The summed E-state index contributed by atoms with van der Waals surface area (Å²) in [4.78, 5) is 12.9. The highest BCUT2D eigenvalue weighted by Gasteiger charge is 2.18. The highest BCUT2D eigenvalue weighted by Crippen LogP contribution is 2.14. The molecule has 0 fully saturated rings. The van der Waals surface area contributed by atoms with Gasteiger partial charge in [-0.15, -0.1) is 0 Å². The van der Waals surface area contributed by atoms with E-state index < -0.39 is 5.97 Å². The van der Waals surface area contributed by atoms with Gasteiger partial charge in [0.2, 0.25) is 0 Å². The summed E-state index contributed by atoms with van der Waals surface area (Å²) in [6, 6.07) is -0.312. The smallest absolute Gasteiger partial charge is 0.320 e. The highest BCUT2D eigenvalue weighted by molar-refractivity contribution is 5.73. The van der Waals surface area contributed by atoms with Crippen molar-refractivity contribution in [3.8, 4) is 0 Å². The maximum absolute atomic E-state index is 11.0. The van der Waals surface area contributed by atoms with Crippen molar-refractivity contribution in [3.05, 3.63) is 0 Å². The topological polar surface area (TPSA) is 40.5 Å². The molecule has 0 radical (unpaired) electrons. The molecule has 132 valence electrons. The van der Waals surface area contributed by atoms with E-state index in [1.54, 1.807) is 0 Å². The molecule has 0 aromatic heterocycles. The van der Waals surface area contributed by atoms with Gasteiger partial charge in [0.1, 0.15) is 6.04 Å². The Kier molecular flexibility index (Phi) is 14.9. The Balaban J connectivity index is 3.25. The van der Waals surface area contributed by atoms with Gasteiger partial charge in [-0.25, -0.2) is 0 Å². The van der Waals surface area contributed by atoms with E-state index in [9.17, 15) is 4.79 Å². The van der Waals surface area contributed by atoms with Crippen molar-refractivity contribution in [2.24, 2.45) is 0 Å². The number of carboxylic acid groups (broad SMARTS) is 1. The first-order valence-electron chi connectivity index (χ1n) is 9.48. The first-order valence-corrected chi connectivity index (χ1v) is 9.48. The fraction of sp³-hybridized carbons (Fsp3) is 0.947. The minimum atomic E-state index is -0.691. The Labute approximate surface area is 138 Å². The normalized spacial score (nSPS) is 12.7. The lowest BCUT2D eigenvalue weighted by Gasteiger charge is -2.19. The van der Waals surface area contributed by atoms with Crippen LogP contribution in [0.25, 0.3) is 0 Å². The number of carbonyl (C=O) groups is 1. The average molecular weight is 314 g/mol. The quantitative estimate of drug-likeness (QED) is 0.383. The maximum atomic E-state index is 11.0. The van der Waals surface area contributed by atoms with E-state index in [1.807, 2.05) is 19.0 Å². The Morgan fingerprint density at radius 1 is 0.773 bits per heavy atom. The van der Waals surface area contributed by atoms with E-state index in [1.165, 1.54) is 77.0 Å². The number of rotatable bonds is 16. The third-order valence-corrected chi connectivity index (χ3v) is 4.49. The van der Waals surface area contributed by atoms with E-state index in [0.29, 0.717) is 0 Å². The molecule has 0 aromatic rings. The molecular formula is C19H39NO2. The van der Waals surface area contributed by atoms with Crippen LogP contribution in [-0.4, -0.2) is 36.1 Å². The molecule has 3 nitrogen and oxygen atoms in total. The monoisotopic (exact) mass is 313 g/mol. The van der Waals surface area contributed by atoms with Crippen LogP contribution < -0.4 is 0 Å². The number of hydrogen-bond acceptors (Lipinski definition) is 2. The first kappa shape index (κ1) is 21.4. The highest BCUT2D eigenvalue weighted by atomic mass is 16.4. The summed E-state index contributed by atoms with van der Waals surface area (Å²) in [5, 5.41) is 9.09. The van der Waals surface area contributed by atoms with Crippen LogP contribution in [0.3, 0.4) is 0 Å². The number of unbranched alkanes of at least 4 members (excludes halogenated alkanes) is 12. The van der Waals surface area contributed by atoms with Crippen molar-refractivity contribution < 1.29 is 9.90 Å². The minimum absolute atomic E-state index is 0.312. The summed E-state index contributed by atoms with van der Waals surface area (Å²) in [6.45, 7) is 2.27. The Bertz CT molecular complexity index is 254. The predicted octanol–water partition coefficient (Wildman–Crippen LogP) is 5.48. The van der Waals surface area contributed by atoms with Gasteiger partial charge in [-0.3, -0.25) is 9.69 Å². The van der Waals surface area contributed by atoms with E-state index in [2.05, 4.69) is 6.92 Å². The number of hydrogen-bond donors (Lipinski definition) is 1. The van der Waals surface area contributed by atoms with Crippen LogP contribution in [0.1, 0.15) is 96.8 Å². The number of aliphatic carboxylic acids is 1. The second kappa shape index (κ2) is 15.3. The second-order valence-corrected chi connectivity index (χ2v) is 6.85. The van der Waals surface area contributed by atoms with Gasteiger partial charge < -0.3 is 5.11 Å². The minimum Gasteiger partial charge on any atom is -0.480 e. The molecule has 0 saturated carbocycles. The fourth-order valence-electron chi connectivity index (χ4n) is 2.96. The van der Waals surface area contributed by atoms with Gasteiger partial charge in [0.25, 0.3) is 0 Å². The van der Waals surface area contributed by atoms with Gasteiger partial charge in [-0.2, -0.15) is 0 Å².